The summed E-state index contributed by atoms with van der Waals surface area (Å²) in [7, 11) is 0. The van der Waals surface area contributed by atoms with E-state index >= 15 is 0 Å². The van der Waals surface area contributed by atoms with Crippen LogP contribution in [0, 0.1) is 13.8 Å². The van der Waals surface area contributed by atoms with E-state index in [2.05, 4.69) is 5.32 Å². The lowest BCUT2D eigenvalue weighted by Gasteiger charge is -2.21. The highest BCUT2D eigenvalue weighted by molar-refractivity contribution is 5.94. The molecule has 0 saturated carbocycles. The van der Waals surface area contributed by atoms with Crippen molar-refractivity contribution >= 4 is 17.5 Å². The van der Waals surface area contributed by atoms with Crippen LogP contribution >= 0.6 is 0 Å². The van der Waals surface area contributed by atoms with Crippen LogP contribution in [0.4, 0.5) is 5.69 Å². The molecule has 0 bridgehead atoms. The third-order valence-electron chi connectivity index (χ3n) is 3.66. The maximum absolute atomic E-state index is 12.1. The van der Waals surface area contributed by atoms with Crippen molar-refractivity contribution in [2.45, 2.75) is 20.8 Å². The molecule has 0 fully saturated rings. The minimum Gasteiger partial charge on any atom is -0.350 e. The van der Waals surface area contributed by atoms with Gasteiger partial charge in [-0.05, 0) is 38.1 Å². The molecule has 1 N–H and O–H groups in total. The van der Waals surface area contributed by atoms with E-state index in [9.17, 15) is 9.59 Å². The molecule has 0 atom stereocenters. The molecule has 2 aromatic carbocycles. The van der Waals surface area contributed by atoms with E-state index in [0.29, 0.717) is 18.7 Å². The minimum atomic E-state index is -0.127. The first kappa shape index (κ1) is 16.7. The maximum atomic E-state index is 12.1. The average molecular weight is 310 g/mol. The summed E-state index contributed by atoms with van der Waals surface area (Å²) in [5.74, 6) is -0.171. The summed E-state index contributed by atoms with van der Waals surface area (Å²) in [4.78, 5) is 25.6. The second kappa shape index (κ2) is 7.58. The number of nitrogens with one attached hydrogen (secondary N) is 1. The zero-order chi connectivity index (χ0) is 16.8. The van der Waals surface area contributed by atoms with Crippen LogP contribution in [-0.4, -0.2) is 24.9 Å². The smallest absolute Gasteiger partial charge is 0.251 e. The van der Waals surface area contributed by atoms with Crippen LogP contribution in [0.3, 0.4) is 0 Å². The number of carbonyl (C=O) groups is 2. The standard InChI is InChI=1S/C19H22N2O2/c1-14-4-8-17(9-5-14)19(23)20-12-13-21(16(3)22)18-10-6-15(2)7-11-18/h4-11H,12-13H2,1-3H3,(H,20,23). The number of hydrogen-bond acceptors (Lipinski definition) is 2. The maximum Gasteiger partial charge on any atom is 0.251 e. The molecule has 0 aromatic heterocycles. The Morgan fingerprint density at radius 2 is 1.43 bits per heavy atom. The van der Waals surface area contributed by atoms with Gasteiger partial charge in [-0.2, -0.15) is 0 Å². The van der Waals surface area contributed by atoms with Crippen molar-refractivity contribution < 1.29 is 9.59 Å². The molecule has 23 heavy (non-hydrogen) atoms. The normalized spacial score (nSPS) is 10.2. The lowest BCUT2D eigenvalue weighted by Crippen LogP contribution is -2.37. The van der Waals surface area contributed by atoms with Crippen LogP contribution in [0.25, 0.3) is 0 Å². The Morgan fingerprint density at radius 3 is 1.96 bits per heavy atom. The Morgan fingerprint density at radius 1 is 0.913 bits per heavy atom. The third-order valence-corrected chi connectivity index (χ3v) is 3.66. The van der Waals surface area contributed by atoms with Crippen molar-refractivity contribution in [3.63, 3.8) is 0 Å². The van der Waals surface area contributed by atoms with Gasteiger partial charge >= 0.3 is 0 Å². The molecule has 0 spiro atoms. The van der Waals surface area contributed by atoms with Crippen molar-refractivity contribution in [3.05, 3.63) is 65.2 Å². The monoisotopic (exact) mass is 310 g/mol. The summed E-state index contributed by atoms with van der Waals surface area (Å²) in [5.41, 5.74) is 3.72. The van der Waals surface area contributed by atoms with Gasteiger partial charge in [0.1, 0.15) is 0 Å². The Bertz CT molecular complexity index is 676. The first-order valence-corrected chi connectivity index (χ1v) is 7.67. The van der Waals surface area contributed by atoms with Crippen LogP contribution in [0.15, 0.2) is 48.5 Å². The molecule has 4 heteroatoms. The Balaban J connectivity index is 1.94. The predicted octanol–water partition coefficient (Wildman–Crippen LogP) is 3.09. The summed E-state index contributed by atoms with van der Waals surface area (Å²) in [6.07, 6.45) is 0. The molecule has 0 radical (unpaired) electrons. The highest BCUT2D eigenvalue weighted by Gasteiger charge is 2.12. The number of carbonyl (C=O) groups excluding carboxylic acids is 2. The highest BCUT2D eigenvalue weighted by Crippen LogP contribution is 2.14. The highest BCUT2D eigenvalue weighted by atomic mass is 16.2. The van der Waals surface area contributed by atoms with Gasteiger partial charge in [0.25, 0.3) is 5.91 Å². The van der Waals surface area contributed by atoms with E-state index in [1.807, 2.05) is 50.2 Å². The molecule has 0 saturated heterocycles. The van der Waals surface area contributed by atoms with E-state index in [1.54, 1.807) is 17.0 Å². The number of rotatable bonds is 5. The van der Waals surface area contributed by atoms with E-state index in [4.69, 9.17) is 0 Å². The first-order valence-electron chi connectivity index (χ1n) is 7.67. The SMILES string of the molecule is CC(=O)N(CCNC(=O)c1ccc(C)cc1)c1ccc(C)cc1. The number of hydrogen-bond donors (Lipinski definition) is 1. The lowest BCUT2D eigenvalue weighted by molar-refractivity contribution is -0.116. The quantitative estimate of drug-likeness (QED) is 0.922. The predicted molar refractivity (Wildman–Crippen MR) is 92.7 cm³/mol. The molecule has 0 aliphatic heterocycles. The molecular weight excluding hydrogens is 288 g/mol. The topological polar surface area (TPSA) is 49.4 Å². The number of benzene rings is 2. The van der Waals surface area contributed by atoms with Gasteiger partial charge in [-0.15, -0.1) is 0 Å². The molecule has 2 amide bonds. The molecule has 120 valence electrons. The number of anilines is 1. The summed E-state index contributed by atoms with van der Waals surface area (Å²) in [6.45, 7) is 6.36. The van der Waals surface area contributed by atoms with Crippen molar-refractivity contribution in [2.75, 3.05) is 18.0 Å². The largest absolute Gasteiger partial charge is 0.350 e. The van der Waals surface area contributed by atoms with Crippen molar-refractivity contribution in [3.8, 4) is 0 Å². The first-order chi connectivity index (χ1) is 11.0. The van der Waals surface area contributed by atoms with Crippen LogP contribution in [-0.2, 0) is 4.79 Å². The number of aryl methyl sites for hydroxylation is 2. The summed E-state index contributed by atoms with van der Waals surface area (Å²) in [5, 5.41) is 2.85. The summed E-state index contributed by atoms with van der Waals surface area (Å²) in [6, 6.07) is 15.2. The fourth-order valence-electron chi connectivity index (χ4n) is 2.28. The Kier molecular flexibility index (Phi) is 5.52. The average Bonchev–Trinajstić information content (AvgIpc) is 2.53. The summed E-state index contributed by atoms with van der Waals surface area (Å²) < 4.78 is 0. The molecule has 2 aromatic rings. The molecule has 0 aliphatic rings. The second-order valence-electron chi connectivity index (χ2n) is 5.63. The van der Waals surface area contributed by atoms with Crippen molar-refractivity contribution in [1.29, 1.82) is 0 Å². The van der Waals surface area contributed by atoms with Gasteiger partial charge in [-0.3, -0.25) is 9.59 Å². The van der Waals surface area contributed by atoms with Crippen molar-refractivity contribution in [2.24, 2.45) is 0 Å². The van der Waals surface area contributed by atoms with Gasteiger partial charge in [0, 0.05) is 31.3 Å². The molecule has 0 unspecified atom stereocenters. The van der Waals surface area contributed by atoms with E-state index in [0.717, 1.165) is 16.8 Å². The van der Waals surface area contributed by atoms with Gasteiger partial charge in [-0.25, -0.2) is 0 Å². The van der Waals surface area contributed by atoms with Gasteiger partial charge in [0.2, 0.25) is 5.91 Å². The van der Waals surface area contributed by atoms with E-state index < -0.39 is 0 Å². The lowest BCUT2D eigenvalue weighted by atomic mass is 10.1. The Hall–Kier alpha value is -2.62. The van der Waals surface area contributed by atoms with Crippen molar-refractivity contribution in [1.82, 2.24) is 5.32 Å². The van der Waals surface area contributed by atoms with Gasteiger partial charge in [0.05, 0.1) is 0 Å². The van der Waals surface area contributed by atoms with Gasteiger partial charge < -0.3 is 10.2 Å². The molecule has 2 rings (SSSR count). The molecule has 0 heterocycles. The van der Waals surface area contributed by atoms with Gasteiger partial charge in [0.15, 0.2) is 0 Å². The molecule has 4 nitrogen and oxygen atoms in total. The van der Waals surface area contributed by atoms with Crippen LogP contribution in [0.2, 0.25) is 0 Å². The Labute approximate surface area is 137 Å². The van der Waals surface area contributed by atoms with E-state index in [-0.39, 0.29) is 11.8 Å². The molecule has 0 aliphatic carbocycles. The third kappa shape index (κ3) is 4.68. The zero-order valence-electron chi connectivity index (χ0n) is 13.8. The molecular formula is C19H22N2O2. The fraction of sp³-hybridized carbons (Fsp3) is 0.263. The minimum absolute atomic E-state index is 0.0431. The number of amides is 2. The fourth-order valence-corrected chi connectivity index (χ4v) is 2.28. The second-order valence-corrected chi connectivity index (χ2v) is 5.63. The van der Waals surface area contributed by atoms with Crippen LogP contribution < -0.4 is 10.2 Å². The van der Waals surface area contributed by atoms with Crippen LogP contribution in [0.5, 0.6) is 0 Å². The number of nitrogens with zero attached hydrogens (tertiary/aromatic N) is 1. The zero-order valence-corrected chi connectivity index (χ0v) is 13.8. The van der Waals surface area contributed by atoms with Gasteiger partial charge in [-0.1, -0.05) is 35.4 Å². The summed E-state index contributed by atoms with van der Waals surface area (Å²) >= 11 is 0. The van der Waals surface area contributed by atoms with E-state index in [1.165, 1.54) is 6.92 Å². The van der Waals surface area contributed by atoms with Crippen LogP contribution in [0.1, 0.15) is 28.4 Å².